The van der Waals surface area contributed by atoms with Crippen molar-refractivity contribution in [1.29, 1.82) is 0 Å². The summed E-state index contributed by atoms with van der Waals surface area (Å²) in [5.41, 5.74) is 0.0497. The molecular weight excluding hydrogens is 343 g/mol. The van der Waals surface area contributed by atoms with Crippen molar-refractivity contribution >= 4 is 22.6 Å². The average Bonchev–Trinajstić information content (AvgIpc) is 3.00. The van der Waals surface area contributed by atoms with Crippen LogP contribution >= 0.6 is 0 Å². The molecule has 10 heteroatoms. The van der Waals surface area contributed by atoms with Gasteiger partial charge in [0.15, 0.2) is 18.1 Å². The minimum absolute atomic E-state index is 0.105. The Hall–Kier alpha value is -3.30. The highest BCUT2D eigenvalue weighted by atomic mass is 19.1. The lowest BCUT2D eigenvalue weighted by atomic mass is 10.2. The number of nitrogens with zero attached hydrogens (tertiary/aromatic N) is 6. The van der Waals surface area contributed by atoms with Crippen molar-refractivity contribution in [3.05, 3.63) is 34.5 Å². The quantitative estimate of drug-likeness (QED) is 0.687. The lowest BCUT2D eigenvalue weighted by Crippen LogP contribution is -2.39. The molecule has 0 saturated carbocycles. The number of fused-ring (bicyclic) bond motifs is 2. The second-order valence-corrected chi connectivity index (χ2v) is 5.92. The molecule has 26 heavy (non-hydrogen) atoms. The Balaban J connectivity index is 1.92. The molecule has 0 bridgehead atoms. The molecule has 4 rings (SSSR count). The molecule has 0 N–H and O–H groups in total. The number of anilines is 1. The molecule has 0 atom stereocenters. The van der Waals surface area contributed by atoms with E-state index >= 15 is 0 Å². The number of ether oxygens (including phenoxy) is 1. The van der Waals surface area contributed by atoms with Crippen LogP contribution in [0.1, 0.15) is 13.3 Å². The molecular formula is C16H15FN6O3. The van der Waals surface area contributed by atoms with Crippen LogP contribution in [0, 0.1) is 5.82 Å². The van der Waals surface area contributed by atoms with Crippen LogP contribution in [0.2, 0.25) is 0 Å². The van der Waals surface area contributed by atoms with E-state index in [1.165, 1.54) is 21.8 Å². The van der Waals surface area contributed by atoms with Crippen LogP contribution < -0.4 is 15.2 Å². The van der Waals surface area contributed by atoms with Crippen molar-refractivity contribution in [2.24, 2.45) is 7.05 Å². The Labute approximate surface area is 146 Å². The second kappa shape index (κ2) is 5.90. The second-order valence-electron chi connectivity index (χ2n) is 5.92. The lowest BCUT2D eigenvalue weighted by Gasteiger charge is -2.29. The van der Waals surface area contributed by atoms with Crippen LogP contribution in [0.3, 0.4) is 0 Å². The van der Waals surface area contributed by atoms with Gasteiger partial charge in [-0.15, -0.1) is 5.10 Å². The van der Waals surface area contributed by atoms with E-state index < -0.39 is 11.4 Å². The standard InChI is InChI=1S/C16H15FN6O3/c1-3-4-22-12-6-11(10(17)5-13(12)26-8-14(22)24)23-16(25)9-7-18-21(2)15(9)19-20-23/h5-7H,3-4,8H2,1-2H3. The van der Waals surface area contributed by atoms with Gasteiger partial charge in [0, 0.05) is 19.7 Å². The summed E-state index contributed by atoms with van der Waals surface area (Å²) in [6, 6.07) is 2.54. The summed E-state index contributed by atoms with van der Waals surface area (Å²) in [5, 5.41) is 11.9. The zero-order valence-corrected chi connectivity index (χ0v) is 14.1. The predicted octanol–water partition coefficient (Wildman–Crippen LogP) is 0.789. The third-order valence-electron chi connectivity index (χ3n) is 4.21. The fraction of sp³-hybridized carbons (Fsp3) is 0.312. The summed E-state index contributed by atoms with van der Waals surface area (Å²) >= 11 is 0. The van der Waals surface area contributed by atoms with E-state index in [0.29, 0.717) is 17.9 Å². The molecule has 0 aliphatic carbocycles. The summed E-state index contributed by atoms with van der Waals surface area (Å²) < 4.78 is 22.2. The fourth-order valence-electron chi connectivity index (χ4n) is 2.94. The van der Waals surface area contributed by atoms with Crippen molar-refractivity contribution in [2.45, 2.75) is 13.3 Å². The zero-order valence-electron chi connectivity index (χ0n) is 14.1. The van der Waals surface area contributed by atoms with E-state index in [2.05, 4.69) is 15.4 Å². The van der Waals surface area contributed by atoms with Gasteiger partial charge < -0.3 is 9.64 Å². The van der Waals surface area contributed by atoms with Gasteiger partial charge in [-0.1, -0.05) is 12.1 Å². The molecule has 0 spiro atoms. The van der Waals surface area contributed by atoms with Crippen LogP contribution in [0.4, 0.5) is 10.1 Å². The van der Waals surface area contributed by atoms with Gasteiger partial charge in [0.2, 0.25) is 0 Å². The van der Waals surface area contributed by atoms with Crippen molar-refractivity contribution in [3.8, 4) is 11.4 Å². The highest BCUT2D eigenvalue weighted by molar-refractivity contribution is 5.98. The molecule has 3 aromatic rings. The first-order chi connectivity index (χ1) is 12.5. The first-order valence-corrected chi connectivity index (χ1v) is 8.06. The highest BCUT2D eigenvalue weighted by Crippen LogP contribution is 2.35. The largest absolute Gasteiger partial charge is 0.481 e. The van der Waals surface area contributed by atoms with Gasteiger partial charge in [-0.25, -0.2) is 9.07 Å². The van der Waals surface area contributed by atoms with E-state index in [4.69, 9.17) is 4.74 Å². The minimum Gasteiger partial charge on any atom is -0.481 e. The predicted molar refractivity (Wildman–Crippen MR) is 90.0 cm³/mol. The molecule has 1 aromatic carbocycles. The molecule has 1 amide bonds. The highest BCUT2D eigenvalue weighted by Gasteiger charge is 2.27. The smallest absolute Gasteiger partial charge is 0.285 e. The summed E-state index contributed by atoms with van der Waals surface area (Å²) in [7, 11) is 1.63. The zero-order chi connectivity index (χ0) is 18.4. The van der Waals surface area contributed by atoms with Crippen molar-refractivity contribution in [1.82, 2.24) is 24.8 Å². The topological polar surface area (TPSA) is 95.1 Å². The minimum atomic E-state index is -0.700. The lowest BCUT2D eigenvalue weighted by molar-refractivity contribution is -0.121. The maximum absolute atomic E-state index is 14.6. The van der Waals surface area contributed by atoms with Gasteiger partial charge >= 0.3 is 0 Å². The number of halogens is 1. The molecule has 0 unspecified atom stereocenters. The number of amides is 1. The molecule has 134 valence electrons. The summed E-state index contributed by atoms with van der Waals surface area (Å²) in [4.78, 5) is 26.3. The molecule has 0 fully saturated rings. The SMILES string of the molecule is CCCN1C(=O)COc2cc(F)c(-n3nnc4c(cnn4C)c3=O)cc21. The molecule has 0 radical (unpaired) electrons. The Morgan fingerprint density at radius 1 is 1.27 bits per heavy atom. The number of hydrogen-bond donors (Lipinski definition) is 0. The molecule has 2 aromatic heterocycles. The van der Waals surface area contributed by atoms with E-state index in [1.54, 1.807) is 7.05 Å². The van der Waals surface area contributed by atoms with Crippen LogP contribution in [0.15, 0.2) is 23.1 Å². The van der Waals surface area contributed by atoms with Gasteiger partial charge in [0.25, 0.3) is 11.5 Å². The number of hydrogen-bond acceptors (Lipinski definition) is 6. The number of carbonyl (C=O) groups is 1. The number of carbonyl (C=O) groups excluding carboxylic acids is 1. The molecule has 9 nitrogen and oxygen atoms in total. The summed E-state index contributed by atoms with van der Waals surface area (Å²) in [5.74, 6) is -0.671. The first kappa shape index (κ1) is 16.2. The van der Waals surface area contributed by atoms with Gasteiger partial charge in [-0.3, -0.25) is 9.59 Å². The Kier molecular flexibility index (Phi) is 3.67. The molecule has 1 aliphatic rings. The van der Waals surface area contributed by atoms with E-state index in [0.717, 1.165) is 17.2 Å². The Bertz CT molecular complexity index is 1090. The van der Waals surface area contributed by atoms with E-state index in [1.807, 2.05) is 6.92 Å². The fourth-order valence-corrected chi connectivity index (χ4v) is 2.94. The van der Waals surface area contributed by atoms with Crippen LogP contribution in [-0.2, 0) is 11.8 Å². The maximum atomic E-state index is 14.6. The van der Waals surface area contributed by atoms with Crippen LogP contribution in [-0.4, -0.2) is 43.8 Å². The van der Waals surface area contributed by atoms with Gasteiger partial charge in [-0.05, 0) is 12.5 Å². The monoisotopic (exact) mass is 358 g/mol. The number of rotatable bonds is 3. The van der Waals surface area contributed by atoms with Crippen molar-refractivity contribution < 1.29 is 13.9 Å². The number of benzene rings is 1. The van der Waals surface area contributed by atoms with Crippen LogP contribution in [0.25, 0.3) is 16.7 Å². The van der Waals surface area contributed by atoms with Gasteiger partial charge in [0.05, 0.1) is 11.9 Å². The number of aromatic nitrogens is 5. The normalized spacial score (nSPS) is 13.8. The van der Waals surface area contributed by atoms with E-state index in [-0.39, 0.29) is 29.3 Å². The van der Waals surface area contributed by atoms with Gasteiger partial charge in [-0.2, -0.15) is 9.78 Å². The van der Waals surface area contributed by atoms with E-state index in [9.17, 15) is 14.0 Å². The third kappa shape index (κ3) is 2.33. The molecule has 0 saturated heterocycles. The molecule has 1 aliphatic heterocycles. The Morgan fingerprint density at radius 2 is 2.08 bits per heavy atom. The summed E-state index contributed by atoms with van der Waals surface area (Å²) in [6.07, 6.45) is 2.08. The Morgan fingerprint density at radius 3 is 2.85 bits per heavy atom. The average molecular weight is 358 g/mol. The van der Waals surface area contributed by atoms with Crippen molar-refractivity contribution in [3.63, 3.8) is 0 Å². The summed E-state index contributed by atoms with van der Waals surface area (Å²) in [6.45, 7) is 2.24. The van der Waals surface area contributed by atoms with Crippen molar-refractivity contribution in [2.75, 3.05) is 18.1 Å². The third-order valence-corrected chi connectivity index (χ3v) is 4.21. The number of aryl methyl sites for hydroxylation is 1. The van der Waals surface area contributed by atoms with Crippen LogP contribution in [0.5, 0.6) is 5.75 Å². The molecule has 3 heterocycles. The first-order valence-electron chi connectivity index (χ1n) is 8.06. The van der Waals surface area contributed by atoms with Gasteiger partial charge in [0.1, 0.15) is 16.8 Å². The maximum Gasteiger partial charge on any atom is 0.285 e.